The molecule has 0 spiro atoms. The number of rotatable bonds is 4. The molecule has 5 nitrogen and oxygen atoms in total. The number of carbonyl (C=O) groups is 2. The van der Waals surface area contributed by atoms with E-state index in [9.17, 15) is 9.59 Å². The van der Waals surface area contributed by atoms with Crippen LogP contribution in [0.4, 0.5) is 5.69 Å². The monoisotopic (exact) mass is 365 g/mol. The summed E-state index contributed by atoms with van der Waals surface area (Å²) in [7, 11) is 0. The van der Waals surface area contributed by atoms with Crippen LogP contribution in [0.2, 0.25) is 0 Å². The van der Waals surface area contributed by atoms with Gasteiger partial charge in [-0.25, -0.2) is 0 Å². The van der Waals surface area contributed by atoms with E-state index in [1.165, 1.54) is 11.3 Å². The maximum absolute atomic E-state index is 12.5. The molecule has 1 saturated heterocycles. The first-order valence-electron chi connectivity index (χ1n) is 7.69. The Kier molecular flexibility index (Phi) is 6.78. The summed E-state index contributed by atoms with van der Waals surface area (Å²) in [6.07, 6.45) is 1.85. The smallest absolute Gasteiger partial charge is 0.265 e. The van der Waals surface area contributed by atoms with Crippen LogP contribution >= 0.6 is 23.7 Å². The van der Waals surface area contributed by atoms with Crippen molar-refractivity contribution in [2.24, 2.45) is 0 Å². The molecule has 1 aromatic heterocycles. The molecule has 0 bridgehead atoms. The lowest BCUT2D eigenvalue weighted by Crippen LogP contribution is -2.42. The molecule has 0 atom stereocenters. The van der Waals surface area contributed by atoms with E-state index in [4.69, 9.17) is 0 Å². The minimum atomic E-state index is -0.192. The first-order valence-corrected chi connectivity index (χ1v) is 8.57. The van der Waals surface area contributed by atoms with Crippen LogP contribution in [0.15, 0.2) is 41.8 Å². The van der Waals surface area contributed by atoms with Gasteiger partial charge < -0.3 is 16.0 Å². The Morgan fingerprint density at radius 2 is 1.79 bits per heavy atom. The molecule has 24 heavy (non-hydrogen) atoms. The van der Waals surface area contributed by atoms with Crippen molar-refractivity contribution in [3.8, 4) is 0 Å². The Bertz CT molecular complexity index is 685. The lowest BCUT2D eigenvalue weighted by Gasteiger charge is -2.24. The van der Waals surface area contributed by atoms with E-state index in [2.05, 4.69) is 16.0 Å². The van der Waals surface area contributed by atoms with Gasteiger partial charge in [-0.3, -0.25) is 9.59 Å². The number of thiophene rings is 1. The highest BCUT2D eigenvalue weighted by molar-refractivity contribution is 7.12. The van der Waals surface area contributed by atoms with E-state index < -0.39 is 0 Å². The summed E-state index contributed by atoms with van der Waals surface area (Å²) in [5.74, 6) is -0.332. The lowest BCUT2D eigenvalue weighted by molar-refractivity contribution is 0.0930. The van der Waals surface area contributed by atoms with Crippen LogP contribution in [-0.4, -0.2) is 30.9 Å². The van der Waals surface area contributed by atoms with E-state index in [0.29, 0.717) is 16.1 Å². The Hall–Kier alpha value is -1.89. The fraction of sp³-hybridized carbons (Fsp3) is 0.294. The normalized spacial score (nSPS) is 14.5. The zero-order chi connectivity index (χ0) is 16.1. The summed E-state index contributed by atoms with van der Waals surface area (Å²) in [5, 5.41) is 11.0. The molecule has 1 fully saturated rings. The van der Waals surface area contributed by atoms with Crippen molar-refractivity contribution in [3.63, 3.8) is 0 Å². The lowest BCUT2D eigenvalue weighted by atomic mass is 10.1. The first-order chi connectivity index (χ1) is 11.2. The molecule has 1 aliphatic heterocycles. The molecule has 0 saturated carbocycles. The van der Waals surface area contributed by atoms with Gasteiger partial charge in [-0.2, -0.15) is 0 Å². The third kappa shape index (κ3) is 4.56. The minimum absolute atomic E-state index is 0. The third-order valence-electron chi connectivity index (χ3n) is 3.84. The largest absolute Gasteiger partial charge is 0.349 e. The van der Waals surface area contributed by atoms with Crippen LogP contribution in [0.25, 0.3) is 0 Å². The maximum atomic E-state index is 12.5. The zero-order valence-electron chi connectivity index (χ0n) is 13.1. The molecule has 2 amide bonds. The highest BCUT2D eigenvalue weighted by Crippen LogP contribution is 2.18. The third-order valence-corrected chi connectivity index (χ3v) is 4.71. The average Bonchev–Trinajstić information content (AvgIpc) is 3.11. The summed E-state index contributed by atoms with van der Waals surface area (Å²) in [5.41, 5.74) is 1.04. The van der Waals surface area contributed by atoms with Crippen molar-refractivity contribution in [1.82, 2.24) is 10.6 Å². The number of hydrogen-bond donors (Lipinski definition) is 3. The predicted octanol–water partition coefficient (Wildman–Crippen LogP) is 2.90. The molecular weight excluding hydrogens is 346 g/mol. The summed E-state index contributed by atoms with van der Waals surface area (Å²) < 4.78 is 0. The van der Waals surface area contributed by atoms with Crippen LogP contribution in [0, 0.1) is 0 Å². The van der Waals surface area contributed by atoms with Crippen LogP contribution in [-0.2, 0) is 0 Å². The fourth-order valence-electron chi connectivity index (χ4n) is 2.61. The maximum Gasteiger partial charge on any atom is 0.265 e. The second-order valence-electron chi connectivity index (χ2n) is 5.47. The zero-order valence-corrected chi connectivity index (χ0v) is 14.7. The number of halogens is 1. The number of para-hydroxylation sites is 1. The molecule has 1 aromatic carbocycles. The first kappa shape index (κ1) is 18.4. The molecule has 3 N–H and O–H groups in total. The second-order valence-corrected chi connectivity index (χ2v) is 6.42. The molecule has 7 heteroatoms. The van der Waals surface area contributed by atoms with E-state index >= 15 is 0 Å². The van der Waals surface area contributed by atoms with Gasteiger partial charge in [0.2, 0.25) is 0 Å². The Labute approximate surface area is 151 Å². The van der Waals surface area contributed by atoms with Crippen molar-refractivity contribution < 1.29 is 9.59 Å². The molecule has 128 valence electrons. The minimum Gasteiger partial charge on any atom is -0.349 e. The SMILES string of the molecule is Cl.O=C(Nc1ccccc1C(=O)NC1CCNCC1)c1cccs1. The summed E-state index contributed by atoms with van der Waals surface area (Å²) in [6, 6.07) is 10.9. The van der Waals surface area contributed by atoms with Crippen LogP contribution < -0.4 is 16.0 Å². The van der Waals surface area contributed by atoms with E-state index in [1.54, 1.807) is 24.3 Å². The van der Waals surface area contributed by atoms with Crippen LogP contribution in [0.5, 0.6) is 0 Å². The molecule has 0 radical (unpaired) electrons. The number of benzene rings is 1. The molecule has 1 aliphatic rings. The predicted molar refractivity (Wildman–Crippen MR) is 99.3 cm³/mol. The van der Waals surface area contributed by atoms with Gasteiger partial charge in [-0.05, 0) is 49.5 Å². The van der Waals surface area contributed by atoms with Gasteiger partial charge in [0.05, 0.1) is 16.1 Å². The highest BCUT2D eigenvalue weighted by atomic mass is 35.5. The Morgan fingerprint density at radius 3 is 2.50 bits per heavy atom. The van der Waals surface area contributed by atoms with Crippen molar-refractivity contribution in [2.75, 3.05) is 18.4 Å². The summed E-state index contributed by atoms with van der Waals surface area (Å²) in [4.78, 5) is 25.3. The number of carbonyl (C=O) groups excluding carboxylic acids is 2. The number of piperidine rings is 1. The standard InChI is InChI=1S/C17H19N3O2S.ClH/c21-16(19-12-7-9-18-10-8-12)13-4-1-2-5-14(13)20-17(22)15-6-3-11-23-15;/h1-6,11-12,18H,7-10H2,(H,19,21)(H,20,22);1H. The van der Waals surface area contributed by atoms with E-state index in [1.807, 2.05) is 17.5 Å². The van der Waals surface area contributed by atoms with Gasteiger partial charge in [0.1, 0.15) is 0 Å². The molecule has 2 heterocycles. The molecular formula is C17H20ClN3O2S. The van der Waals surface area contributed by atoms with Crippen LogP contribution in [0.1, 0.15) is 32.9 Å². The van der Waals surface area contributed by atoms with Gasteiger partial charge in [0, 0.05) is 6.04 Å². The topological polar surface area (TPSA) is 70.2 Å². The van der Waals surface area contributed by atoms with Crippen LogP contribution in [0.3, 0.4) is 0 Å². The summed E-state index contributed by atoms with van der Waals surface area (Å²) >= 11 is 1.37. The molecule has 2 aromatic rings. The number of nitrogens with one attached hydrogen (secondary N) is 3. The molecule has 0 aliphatic carbocycles. The molecule has 3 rings (SSSR count). The van der Waals surface area contributed by atoms with Crippen molar-refractivity contribution in [1.29, 1.82) is 0 Å². The Morgan fingerprint density at radius 1 is 1.04 bits per heavy atom. The quantitative estimate of drug-likeness (QED) is 0.780. The van der Waals surface area contributed by atoms with E-state index in [-0.39, 0.29) is 30.3 Å². The highest BCUT2D eigenvalue weighted by Gasteiger charge is 2.19. The number of anilines is 1. The number of hydrogen-bond acceptors (Lipinski definition) is 4. The van der Waals surface area contributed by atoms with Gasteiger partial charge in [-0.1, -0.05) is 18.2 Å². The fourth-order valence-corrected chi connectivity index (χ4v) is 3.23. The van der Waals surface area contributed by atoms with Crippen molar-refractivity contribution >= 4 is 41.2 Å². The van der Waals surface area contributed by atoms with Gasteiger partial charge in [-0.15, -0.1) is 23.7 Å². The van der Waals surface area contributed by atoms with Crippen molar-refractivity contribution in [3.05, 3.63) is 52.2 Å². The van der Waals surface area contributed by atoms with E-state index in [0.717, 1.165) is 25.9 Å². The molecule has 0 unspecified atom stereocenters. The summed E-state index contributed by atoms with van der Waals surface area (Å²) in [6.45, 7) is 1.84. The average molecular weight is 366 g/mol. The van der Waals surface area contributed by atoms with Gasteiger partial charge in [0.25, 0.3) is 11.8 Å². The second kappa shape index (κ2) is 8.82. The van der Waals surface area contributed by atoms with Gasteiger partial charge in [0.15, 0.2) is 0 Å². The Balaban J connectivity index is 0.00000208. The van der Waals surface area contributed by atoms with Gasteiger partial charge >= 0.3 is 0 Å². The van der Waals surface area contributed by atoms with Crippen molar-refractivity contribution in [2.45, 2.75) is 18.9 Å². The number of amides is 2.